The minimum Gasteiger partial charge on any atom is -0.481 e. The predicted octanol–water partition coefficient (Wildman–Crippen LogP) is 1.07. The van der Waals surface area contributed by atoms with Gasteiger partial charge in [0.05, 0.1) is 5.92 Å². The number of hydrogen-bond donors (Lipinski definition) is 1. The zero-order valence-corrected chi connectivity index (χ0v) is 6.03. The van der Waals surface area contributed by atoms with Gasteiger partial charge in [0.15, 0.2) is 0 Å². The molecule has 0 saturated heterocycles. The number of carbonyl (C=O) groups is 1. The van der Waals surface area contributed by atoms with Crippen molar-refractivity contribution in [3.8, 4) is 0 Å². The Balaban J connectivity index is 2.13. The quantitative estimate of drug-likeness (QED) is 0.609. The minimum atomic E-state index is -0.688. The fourth-order valence-corrected chi connectivity index (χ4v) is 1.60. The van der Waals surface area contributed by atoms with Gasteiger partial charge < -0.3 is 5.11 Å². The fourth-order valence-electron chi connectivity index (χ4n) is 1.60. The van der Waals surface area contributed by atoms with Crippen molar-refractivity contribution in [3.63, 3.8) is 0 Å². The number of aliphatic carboxylic acids is 1. The van der Waals surface area contributed by atoms with E-state index in [-0.39, 0.29) is 11.3 Å². The molecule has 11 heavy (non-hydrogen) atoms. The maximum Gasteiger partial charge on any atom is 0.307 e. The number of carboxylic acid groups (broad SMARTS) is 1. The largest absolute Gasteiger partial charge is 0.481 e. The second-order valence-corrected chi connectivity index (χ2v) is 3.20. The molecule has 3 heteroatoms. The van der Waals surface area contributed by atoms with Crippen LogP contribution in [0.5, 0.6) is 0 Å². The first-order valence-corrected chi connectivity index (χ1v) is 3.67. The van der Waals surface area contributed by atoms with Gasteiger partial charge in [-0.2, -0.15) is 0 Å². The van der Waals surface area contributed by atoms with Gasteiger partial charge in [-0.1, -0.05) is 6.08 Å². The molecule has 0 radical (unpaired) electrons. The lowest BCUT2D eigenvalue weighted by molar-refractivity contribution is -0.139. The second kappa shape index (κ2) is 1.94. The van der Waals surface area contributed by atoms with E-state index in [0.717, 1.165) is 12.8 Å². The Morgan fingerprint density at radius 3 is 3.00 bits per heavy atom. The van der Waals surface area contributed by atoms with Gasteiger partial charge in [0.1, 0.15) is 0 Å². The Morgan fingerprint density at radius 1 is 1.73 bits per heavy atom. The average molecular weight is 151 g/mol. The van der Waals surface area contributed by atoms with E-state index in [2.05, 4.69) is 4.99 Å². The molecule has 2 atom stereocenters. The normalized spacial score (nSPS) is 39.5. The van der Waals surface area contributed by atoms with Crippen molar-refractivity contribution in [2.75, 3.05) is 0 Å². The van der Waals surface area contributed by atoms with Crippen molar-refractivity contribution in [2.24, 2.45) is 16.3 Å². The molecule has 1 saturated carbocycles. The molecule has 0 bridgehead atoms. The number of rotatable bonds is 1. The third kappa shape index (κ3) is 0.878. The van der Waals surface area contributed by atoms with Gasteiger partial charge in [0.2, 0.25) is 0 Å². The summed E-state index contributed by atoms with van der Waals surface area (Å²) in [6, 6.07) is 0. The van der Waals surface area contributed by atoms with E-state index >= 15 is 0 Å². The molecule has 0 aromatic heterocycles. The Morgan fingerprint density at radius 2 is 2.55 bits per heavy atom. The highest BCUT2D eigenvalue weighted by Gasteiger charge is 2.57. The predicted molar refractivity (Wildman–Crippen MR) is 40.4 cm³/mol. The molecule has 58 valence electrons. The first kappa shape index (κ1) is 6.58. The molecule has 0 aromatic carbocycles. The van der Waals surface area contributed by atoms with Crippen LogP contribution < -0.4 is 0 Å². The zero-order valence-electron chi connectivity index (χ0n) is 6.03. The van der Waals surface area contributed by atoms with Crippen LogP contribution in [0.4, 0.5) is 0 Å². The third-order valence-corrected chi connectivity index (χ3v) is 2.44. The molecule has 2 unspecified atom stereocenters. The standard InChI is InChI=1S/C8H9NO2/c10-7(11)6-4-8(6)2-1-3-9-5-8/h1,3,5-6H,2,4H2,(H,10,11). The first-order chi connectivity index (χ1) is 5.25. The number of hydrogen-bond acceptors (Lipinski definition) is 2. The van der Waals surface area contributed by atoms with E-state index in [1.165, 1.54) is 0 Å². The summed E-state index contributed by atoms with van der Waals surface area (Å²) in [6.07, 6.45) is 7.04. The van der Waals surface area contributed by atoms with Gasteiger partial charge in [0.25, 0.3) is 0 Å². The summed E-state index contributed by atoms with van der Waals surface area (Å²) in [4.78, 5) is 14.5. The van der Waals surface area contributed by atoms with Gasteiger partial charge in [-0.25, -0.2) is 0 Å². The molecule has 1 aliphatic heterocycles. The van der Waals surface area contributed by atoms with Crippen LogP contribution in [0.2, 0.25) is 0 Å². The van der Waals surface area contributed by atoms with E-state index in [4.69, 9.17) is 5.11 Å². The van der Waals surface area contributed by atoms with Crippen molar-refractivity contribution in [1.82, 2.24) is 0 Å². The molecule has 1 spiro atoms. The molecule has 1 heterocycles. The van der Waals surface area contributed by atoms with Crippen LogP contribution in [0.25, 0.3) is 0 Å². The van der Waals surface area contributed by atoms with E-state index in [1.54, 1.807) is 12.4 Å². The van der Waals surface area contributed by atoms with Gasteiger partial charge in [0, 0.05) is 17.8 Å². The zero-order chi connectivity index (χ0) is 7.90. The maximum atomic E-state index is 10.5. The fraction of sp³-hybridized carbons (Fsp3) is 0.500. The third-order valence-electron chi connectivity index (χ3n) is 2.44. The van der Waals surface area contributed by atoms with E-state index in [0.29, 0.717) is 0 Å². The topological polar surface area (TPSA) is 49.7 Å². The summed E-state index contributed by atoms with van der Waals surface area (Å²) in [5, 5.41) is 8.68. The SMILES string of the molecule is O=C(O)C1CC12C=NC=CC2. The molecule has 1 N–H and O–H groups in total. The van der Waals surface area contributed by atoms with Crippen molar-refractivity contribution < 1.29 is 9.90 Å². The average Bonchev–Trinajstić information content (AvgIpc) is 2.66. The molecule has 2 aliphatic rings. The van der Waals surface area contributed by atoms with Crippen molar-refractivity contribution in [3.05, 3.63) is 12.3 Å². The number of nitrogens with zero attached hydrogens (tertiary/aromatic N) is 1. The Kier molecular flexibility index (Phi) is 1.16. The van der Waals surface area contributed by atoms with Gasteiger partial charge >= 0.3 is 5.97 Å². The highest BCUT2D eigenvalue weighted by atomic mass is 16.4. The Bertz CT molecular complexity index is 257. The first-order valence-electron chi connectivity index (χ1n) is 3.67. The smallest absolute Gasteiger partial charge is 0.307 e. The summed E-state index contributed by atoms with van der Waals surface area (Å²) in [6.45, 7) is 0. The summed E-state index contributed by atoms with van der Waals surface area (Å²) >= 11 is 0. The lowest BCUT2D eigenvalue weighted by Gasteiger charge is -2.08. The maximum absolute atomic E-state index is 10.5. The second-order valence-electron chi connectivity index (χ2n) is 3.20. The molecule has 1 fully saturated rings. The molecule has 0 aromatic rings. The molecule has 1 aliphatic carbocycles. The number of allylic oxidation sites excluding steroid dienone is 1. The van der Waals surface area contributed by atoms with E-state index < -0.39 is 5.97 Å². The van der Waals surface area contributed by atoms with Crippen LogP contribution in [0.1, 0.15) is 12.8 Å². The van der Waals surface area contributed by atoms with Crippen LogP contribution in [0, 0.1) is 11.3 Å². The number of carboxylic acids is 1. The Hall–Kier alpha value is -1.12. The van der Waals surface area contributed by atoms with Crippen molar-refractivity contribution >= 4 is 12.2 Å². The lowest BCUT2D eigenvalue weighted by atomic mass is 9.99. The van der Waals surface area contributed by atoms with Crippen LogP contribution in [-0.4, -0.2) is 17.3 Å². The van der Waals surface area contributed by atoms with Gasteiger partial charge in [-0.15, -0.1) is 0 Å². The molecular formula is C8H9NO2. The summed E-state index contributed by atoms with van der Waals surface area (Å²) in [5.74, 6) is -0.872. The van der Waals surface area contributed by atoms with Gasteiger partial charge in [-0.05, 0) is 12.8 Å². The van der Waals surface area contributed by atoms with E-state index in [9.17, 15) is 4.79 Å². The molecular weight excluding hydrogens is 142 g/mol. The summed E-state index contributed by atoms with van der Waals surface area (Å²) in [5.41, 5.74) is -0.111. The summed E-state index contributed by atoms with van der Waals surface area (Å²) in [7, 11) is 0. The summed E-state index contributed by atoms with van der Waals surface area (Å²) < 4.78 is 0. The van der Waals surface area contributed by atoms with Crippen molar-refractivity contribution in [2.45, 2.75) is 12.8 Å². The minimum absolute atomic E-state index is 0.111. The molecule has 2 rings (SSSR count). The van der Waals surface area contributed by atoms with E-state index in [1.807, 2.05) is 6.08 Å². The van der Waals surface area contributed by atoms with Crippen LogP contribution in [-0.2, 0) is 4.79 Å². The van der Waals surface area contributed by atoms with Crippen LogP contribution in [0.3, 0.4) is 0 Å². The van der Waals surface area contributed by atoms with Gasteiger partial charge in [-0.3, -0.25) is 9.79 Å². The lowest BCUT2D eigenvalue weighted by Crippen LogP contribution is -2.12. The highest BCUT2D eigenvalue weighted by Crippen LogP contribution is 2.54. The van der Waals surface area contributed by atoms with Crippen LogP contribution in [0.15, 0.2) is 17.3 Å². The monoisotopic (exact) mass is 151 g/mol. The van der Waals surface area contributed by atoms with Crippen molar-refractivity contribution in [1.29, 1.82) is 0 Å². The number of aliphatic imine (C=N–C) groups is 1. The molecule has 0 amide bonds. The highest BCUT2D eigenvalue weighted by molar-refractivity contribution is 5.86. The Labute approximate surface area is 64.4 Å². The molecule has 3 nitrogen and oxygen atoms in total. The van der Waals surface area contributed by atoms with Crippen LogP contribution >= 0.6 is 0 Å².